The molecule has 0 aliphatic heterocycles. The van der Waals surface area contributed by atoms with Crippen molar-refractivity contribution in [3.05, 3.63) is 18.0 Å². The number of aromatic nitrogens is 2. The molecule has 0 spiro atoms. The Bertz CT molecular complexity index is 269. The summed E-state index contributed by atoms with van der Waals surface area (Å²) >= 11 is 0. The van der Waals surface area contributed by atoms with Crippen LogP contribution in [-0.2, 0) is 4.79 Å². The van der Waals surface area contributed by atoms with E-state index >= 15 is 0 Å². The van der Waals surface area contributed by atoms with Crippen molar-refractivity contribution in [3.8, 4) is 0 Å². The van der Waals surface area contributed by atoms with Crippen molar-refractivity contribution in [1.82, 2.24) is 15.5 Å². The van der Waals surface area contributed by atoms with Gasteiger partial charge in [-0.1, -0.05) is 13.3 Å². The largest absolute Gasteiger partial charge is 0.349 e. The lowest BCUT2D eigenvalue weighted by atomic mass is 10.2. The van der Waals surface area contributed by atoms with E-state index in [1.54, 1.807) is 12.4 Å². The van der Waals surface area contributed by atoms with Gasteiger partial charge in [0.15, 0.2) is 0 Å². The lowest BCUT2D eigenvalue weighted by Crippen LogP contribution is -2.25. The molecule has 0 saturated heterocycles. The average molecular weight is 195 g/mol. The van der Waals surface area contributed by atoms with Gasteiger partial charge < -0.3 is 5.32 Å². The number of hydrogen-bond acceptors (Lipinski definition) is 2. The Labute approximate surface area is 84.1 Å². The highest BCUT2D eigenvalue weighted by Crippen LogP contribution is 2.09. The molecule has 0 saturated carbocycles. The molecule has 1 heterocycles. The third-order valence-corrected chi connectivity index (χ3v) is 2.15. The van der Waals surface area contributed by atoms with Gasteiger partial charge in [-0.15, -0.1) is 0 Å². The summed E-state index contributed by atoms with van der Waals surface area (Å²) in [6.45, 7) is 4.03. The molecule has 0 aliphatic carbocycles. The molecule has 1 atom stereocenters. The number of hydrogen-bond donors (Lipinski definition) is 2. The fraction of sp³-hybridized carbons (Fsp3) is 0.600. The van der Waals surface area contributed by atoms with Gasteiger partial charge in [0.25, 0.3) is 0 Å². The van der Waals surface area contributed by atoms with Gasteiger partial charge in [-0.25, -0.2) is 0 Å². The number of carbonyl (C=O) groups excluding carboxylic acids is 1. The number of carbonyl (C=O) groups is 1. The average Bonchev–Trinajstić information content (AvgIpc) is 2.67. The molecule has 1 unspecified atom stereocenters. The number of rotatable bonds is 5. The minimum Gasteiger partial charge on any atom is -0.349 e. The zero-order chi connectivity index (χ0) is 10.4. The summed E-state index contributed by atoms with van der Waals surface area (Å²) in [6.07, 6.45) is 6.13. The van der Waals surface area contributed by atoms with Crippen molar-refractivity contribution < 1.29 is 4.79 Å². The Balaban J connectivity index is 2.33. The zero-order valence-corrected chi connectivity index (χ0v) is 8.71. The molecule has 1 aromatic heterocycles. The van der Waals surface area contributed by atoms with Crippen LogP contribution in [0.15, 0.2) is 12.4 Å². The van der Waals surface area contributed by atoms with E-state index in [1.165, 1.54) is 0 Å². The molecule has 4 heteroatoms. The predicted molar refractivity (Wildman–Crippen MR) is 54.7 cm³/mol. The van der Waals surface area contributed by atoms with E-state index in [-0.39, 0.29) is 11.9 Å². The molecule has 1 aromatic rings. The summed E-state index contributed by atoms with van der Waals surface area (Å²) in [6, 6.07) is 0.0399. The minimum absolute atomic E-state index is 0.0399. The Morgan fingerprint density at radius 3 is 3.07 bits per heavy atom. The first-order chi connectivity index (χ1) is 6.74. The predicted octanol–water partition coefficient (Wildman–Crippen LogP) is 1.78. The van der Waals surface area contributed by atoms with Crippen molar-refractivity contribution in [3.63, 3.8) is 0 Å². The van der Waals surface area contributed by atoms with Crippen LogP contribution in [0.3, 0.4) is 0 Å². The van der Waals surface area contributed by atoms with Gasteiger partial charge in [0.1, 0.15) is 0 Å². The molecule has 0 radical (unpaired) electrons. The van der Waals surface area contributed by atoms with Gasteiger partial charge in [-0.3, -0.25) is 9.89 Å². The van der Waals surface area contributed by atoms with Crippen LogP contribution in [0.1, 0.15) is 44.7 Å². The van der Waals surface area contributed by atoms with Crippen LogP contribution >= 0.6 is 0 Å². The molecule has 4 nitrogen and oxygen atoms in total. The van der Waals surface area contributed by atoms with Crippen LogP contribution in [0.25, 0.3) is 0 Å². The van der Waals surface area contributed by atoms with E-state index in [9.17, 15) is 4.79 Å². The van der Waals surface area contributed by atoms with Crippen molar-refractivity contribution in [2.75, 3.05) is 0 Å². The molecule has 78 valence electrons. The number of nitrogens with zero attached hydrogens (tertiary/aromatic N) is 1. The summed E-state index contributed by atoms with van der Waals surface area (Å²) in [4.78, 5) is 11.4. The van der Waals surface area contributed by atoms with E-state index in [1.807, 2.05) is 6.92 Å². The van der Waals surface area contributed by atoms with Gasteiger partial charge in [0.05, 0.1) is 12.2 Å². The molecule has 1 amide bonds. The number of amides is 1. The van der Waals surface area contributed by atoms with Gasteiger partial charge >= 0.3 is 0 Å². The second-order valence-corrected chi connectivity index (χ2v) is 3.42. The summed E-state index contributed by atoms with van der Waals surface area (Å²) in [5, 5.41) is 9.48. The van der Waals surface area contributed by atoms with Crippen LogP contribution in [0.4, 0.5) is 0 Å². The number of nitrogens with one attached hydrogen (secondary N) is 2. The smallest absolute Gasteiger partial charge is 0.220 e. The number of aromatic amines is 1. The quantitative estimate of drug-likeness (QED) is 0.752. The van der Waals surface area contributed by atoms with Gasteiger partial charge in [-0.2, -0.15) is 5.10 Å². The highest BCUT2D eigenvalue weighted by Gasteiger charge is 2.09. The maximum absolute atomic E-state index is 11.4. The molecule has 0 aliphatic rings. The lowest BCUT2D eigenvalue weighted by molar-refractivity contribution is -0.121. The molecule has 1 rings (SSSR count). The van der Waals surface area contributed by atoms with Crippen LogP contribution in [0.2, 0.25) is 0 Å². The minimum atomic E-state index is 0.0399. The van der Waals surface area contributed by atoms with E-state index in [0.29, 0.717) is 6.42 Å². The summed E-state index contributed by atoms with van der Waals surface area (Å²) in [7, 11) is 0. The van der Waals surface area contributed by atoms with Crippen LogP contribution < -0.4 is 5.32 Å². The standard InChI is InChI=1S/C10H17N3O/c1-3-4-5-10(14)13-8(2)9-6-11-12-7-9/h6-8H,3-5H2,1-2H3,(H,11,12)(H,13,14). The van der Waals surface area contributed by atoms with Crippen LogP contribution in [0.5, 0.6) is 0 Å². The second-order valence-electron chi connectivity index (χ2n) is 3.42. The van der Waals surface area contributed by atoms with Crippen LogP contribution in [-0.4, -0.2) is 16.1 Å². The van der Waals surface area contributed by atoms with E-state index in [0.717, 1.165) is 18.4 Å². The summed E-state index contributed by atoms with van der Waals surface area (Å²) in [5.74, 6) is 0.112. The first kappa shape index (κ1) is 10.8. The third kappa shape index (κ3) is 3.20. The second kappa shape index (κ2) is 5.42. The van der Waals surface area contributed by atoms with Gasteiger partial charge in [-0.05, 0) is 13.3 Å². The molecule has 14 heavy (non-hydrogen) atoms. The van der Waals surface area contributed by atoms with Crippen molar-refractivity contribution in [2.24, 2.45) is 0 Å². The van der Waals surface area contributed by atoms with Gasteiger partial charge in [0.2, 0.25) is 5.91 Å². The Morgan fingerprint density at radius 2 is 2.50 bits per heavy atom. The Hall–Kier alpha value is -1.32. The molecular formula is C10H17N3O. The Morgan fingerprint density at radius 1 is 1.71 bits per heavy atom. The maximum Gasteiger partial charge on any atom is 0.220 e. The lowest BCUT2D eigenvalue weighted by Gasteiger charge is -2.11. The normalized spacial score (nSPS) is 12.4. The molecule has 2 N–H and O–H groups in total. The zero-order valence-electron chi connectivity index (χ0n) is 8.71. The van der Waals surface area contributed by atoms with Gasteiger partial charge in [0, 0.05) is 18.2 Å². The summed E-state index contributed by atoms with van der Waals surface area (Å²) < 4.78 is 0. The fourth-order valence-corrected chi connectivity index (χ4v) is 1.23. The Kier molecular flexibility index (Phi) is 4.16. The van der Waals surface area contributed by atoms with E-state index < -0.39 is 0 Å². The first-order valence-electron chi connectivity index (χ1n) is 5.02. The SMILES string of the molecule is CCCCC(=O)NC(C)c1cn[nH]c1. The third-order valence-electron chi connectivity index (χ3n) is 2.15. The molecule has 0 fully saturated rings. The first-order valence-corrected chi connectivity index (χ1v) is 5.02. The highest BCUT2D eigenvalue weighted by molar-refractivity contribution is 5.76. The van der Waals surface area contributed by atoms with Crippen LogP contribution in [0, 0.1) is 0 Å². The highest BCUT2D eigenvalue weighted by atomic mass is 16.1. The fourth-order valence-electron chi connectivity index (χ4n) is 1.23. The van der Waals surface area contributed by atoms with E-state index in [2.05, 4.69) is 22.4 Å². The number of unbranched alkanes of at least 4 members (excludes halogenated alkanes) is 1. The van der Waals surface area contributed by atoms with Crippen molar-refractivity contribution in [2.45, 2.75) is 39.2 Å². The number of H-pyrrole nitrogens is 1. The molecule has 0 aromatic carbocycles. The summed E-state index contributed by atoms with van der Waals surface area (Å²) in [5.41, 5.74) is 1.01. The molecule has 0 bridgehead atoms. The van der Waals surface area contributed by atoms with Crippen molar-refractivity contribution in [1.29, 1.82) is 0 Å². The maximum atomic E-state index is 11.4. The monoisotopic (exact) mass is 195 g/mol. The topological polar surface area (TPSA) is 57.8 Å². The van der Waals surface area contributed by atoms with E-state index in [4.69, 9.17) is 0 Å². The molecular weight excluding hydrogens is 178 g/mol. The van der Waals surface area contributed by atoms with Crippen molar-refractivity contribution >= 4 is 5.91 Å².